The number of aromatic carboxylic acids is 1. The van der Waals surface area contributed by atoms with Gasteiger partial charge in [-0.2, -0.15) is 0 Å². The second kappa shape index (κ2) is 11.2. The molecule has 2 aromatic carbocycles. The zero-order chi connectivity index (χ0) is 26.7. The fourth-order valence-electron chi connectivity index (χ4n) is 4.06. The normalized spacial score (nSPS) is 11.1. The lowest BCUT2D eigenvalue weighted by molar-refractivity contribution is -0.135. The minimum atomic E-state index is -1.17. The number of rotatable bonds is 10. The summed E-state index contributed by atoms with van der Waals surface area (Å²) in [6.45, 7) is 1.75. The number of unbranched alkanes of at least 4 members (excludes halogenated alkanes) is 1. The second-order valence-corrected chi connectivity index (χ2v) is 9.51. The molecule has 4 aromatic rings. The van der Waals surface area contributed by atoms with Crippen molar-refractivity contribution in [3.63, 3.8) is 0 Å². The number of aryl methyl sites for hydroxylation is 1. The first-order valence-electron chi connectivity index (χ1n) is 11.5. The molecule has 0 fully saturated rings. The van der Waals surface area contributed by atoms with E-state index in [1.807, 2.05) is 19.1 Å². The topological polar surface area (TPSA) is 135 Å². The van der Waals surface area contributed by atoms with Crippen LogP contribution < -0.4 is 5.32 Å². The number of aliphatic carboxylic acids is 1. The number of fused-ring (bicyclic) bond motifs is 1. The molecule has 4 rings (SSSR count). The number of halogens is 2. The molecule has 0 aliphatic heterocycles. The third-order valence-corrected chi connectivity index (χ3v) is 6.86. The molecule has 0 unspecified atom stereocenters. The molecule has 9 nitrogen and oxygen atoms in total. The molecule has 0 bridgehead atoms. The summed E-state index contributed by atoms with van der Waals surface area (Å²) in [5, 5.41) is 21.6. The summed E-state index contributed by atoms with van der Waals surface area (Å²) >= 11 is 9.90. The van der Waals surface area contributed by atoms with Crippen molar-refractivity contribution in [2.75, 3.05) is 6.54 Å². The number of hydrogen-bond donors (Lipinski definition) is 3. The first kappa shape index (κ1) is 26.4. The quantitative estimate of drug-likeness (QED) is 0.219. The Morgan fingerprint density at radius 3 is 2.62 bits per heavy atom. The van der Waals surface area contributed by atoms with Crippen molar-refractivity contribution in [1.82, 2.24) is 14.9 Å². The average Bonchev–Trinajstić information content (AvgIpc) is 3.36. The minimum Gasteiger partial charge on any atom is -0.480 e. The van der Waals surface area contributed by atoms with Crippen molar-refractivity contribution in [2.24, 2.45) is 0 Å². The SMILES string of the molecule is CCCCc1nc(Cl)c(C(=O)NCC(=O)O)n1Cc1ccc2oc(-c3ccccc3C(=O)O)c(Br)c2c1. The van der Waals surface area contributed by atoms with Crippen molar-refractivity contribution in [3.8, 4) is 11.3 Å². The summed E-state index contributed by atoms with van der Waals surface area (Å²) in [4.78, 5) is 39.8. The monoisotopic (exact) mass is 587 g/mol. The maximum Gasteiger partial charge on any atom is 0.336 e. The van der Waals surface area contributed by atoms with E-state index < -0.39 is 24.4 Å². The van der Waals surface area contributed by atoms with Crippen LogP contribution in [0.4, 0.5) is 0 Å². The molecule has 0 spiro atoms. The Kier molecular flexibility index (Phi) is 7.99. The number of carbonyl (C=O) groups excluding carboxylic acids is 1. The Hall–Kier alpha value is -3.63. The second-order valence-electron chi connectivity index (χ2n) is 8.36. The van der Waals surface area contributed by atoms with E-state index in [0.717, 1.165) is 23.8 Å². The molecule has 1 amide bonds. The third-order valence-electron chi connectivity index (χ3n) is 5.81. The molecule has 0 radical (unpaired) electrons. The molecular formula is C26H23BrClN3O6. The van der Waals surface area contributed by atoms with Gasteiger partial charge in [-0.25, -0.2) is 9.78 Å². The number of amides is 1. The number of hydrogen-bond acceptors (Lipinski definition) is 5. The number of nitrogens with zero attached hydrogens (tertiary/aromatic N) is 2. The van der Waals surface area contributed by atoms with Crippen LogP contribution in [0.25, 0.3) is 22.3 Å². The van der Waals surface area contributed by atoms with Gasteiger partial charge in [0.25, 0.3) is 5.91 Å². The predicted octanol–water partition coefficient (Wildman–Crippen LogP) is 5.62. The van der Waals surface area contributed by atoms with Gasteiger partial charge in [-0.15, -0.1) is 0 Å². The lowest BCUT2D eigenvalue weighted by Crippen LogP contribution is -2.31. The van der Waals surface area contributed by atoms with E-state index in [4.69, 9.17) is 21.1 Å². The lowest BCUT2D eigenvalue weighted by atomic mass is 10.0. The summed E-state index contributed by atoms with van der Waals surface area (Å²) < 4.78 is 8.31. The van der Waals surface area contributed by atoms with Crippen LogP contribution in [0.5, 0.6) is 0 Å². The number of benzene rings is 2. The Morgan fingerprint density at radius 2 is 1.92 bits per heavy atom. The number of imidazole rings is 1. The minimum absolute atomic E-state index is 0.00660. The molecule has 2 heterocycles. The molecule has 2 aromatic heterocycles. The fourth-order valence-corrected chi connectivity index (χ4v) is 4.95. The molecule has 0 aliphatic rings. The summed E-state index contributed by atoms with van der Waals surface area (Å²) in [6, 6.07) is 12.1. The van der Waals surface area contributed by atoms with E-state index in [2.05, 4.69) is 26.2 Å². The molecule has 37 heavy (non-hydrogen) atoms. The molecule has 0 saturated carbocycles. The van der Waals surface area contributed by atoms with Gasteiger partial charge in [0, 0.05) is 23.9 Å². The van der Waals surface area contributed by atoms with Gasteiger partial charge in [0.15, 0.2) is 5.15 Å². The van der Waals surface area contributed by atoms with E-state index in [0.29, 0.717) is 33.6 Å². The molecule has 3 N–H and O–H groups in total. The number of nitrogens with one attached hydrogen (secondary N) is 1. The highest BCUT2D eigenvalue weighted by molar-refractivity contribution is 9.10. The number of carboxylic acids is 2. The van der Waals surface area contributed by atoms with Gasteiger partial charge < -0.3 is 24.5 Å². The molecule has 11 heteroatoms. The zero-order valence-electron chi connectivity index (χ0n) is 19.8. The fraction of sp³-hybridized carbons (Fsp3) is 0.231. The smallest absolute Gasteiger partial charge is 0.336 e. The van der Waals surface area contributed by atoms with E-state index in [-0.39, 0.29) is 23.0 Å². The number of furan rings is 1. The van der Waals surface area contributed by atoms with Crippen LogP contribution in [0.1, 0.15) is 52.0 Å². The van der Waals surface area contributed by atoms with E-state index in [9.17, 15) is 19.5 Å². The summed E-state index contributed by atoms with van der Waals surface area (Å²) in [5.41, 5.74) is 2.02. The third kappa shape index (κ3) is 5.55. The first-order valence-corrected chi connectivity index (χ1v) is 12.7. The van der Waals surface area contributed by atoms with Crippen molar-refractivity contribution in [3.05, 3.63) is 74.7 Å². The highest BCUT2D eigenvalue weighted by atomic mass is 79.9. The van der Waals surface area contributed by atoms with Gasteiger partial charge in [0.2, 0.25) is 0 Å². The molecule has 0 aliphatic carbocycles. The summed E-state index contributed by atoms with van der Waals surface area (Å²) in [7, 11) is 0. The van der Waals surface area contributed by atoms with Crippen molar-refractivity contribution in [1.29, 1.82) is 0 Å². The van der Waals surface area contributed by atoms with Gasteiger partial charge in [0.05, 0.1) is 10.0 Å². The zero-order valence-corrected chi connectivity index (χ0v) is 22.1. The molecule has 0 saturated heterocycles. The standard InChI is InChI=1S/C26H23BrClN3O6/c1-2-3-8-19-30-24(28)22(25(34)29-12-20(32)33)31(19)13-14-9-10-18-17(11-14)21(27)23(37-18)15-6-4-5-7-16(15)26(35)36/h4-7,9-11H,2-3,8,12-13H2,1H3,(H,29,34)(H,32,33)(H,35,36). The van der Waals surface area contributed by atoms with Gasteiger partial charge >= 0.3 is 11.9 Å². The van der Waals surface area contributed by atoms with Crippen LogP contribution in [0, 0.1) is 0 Å². The van der Waals surface area contributed by atoms with Crippen molar-refractivity contribution >= 4 is 56.3 Å². The Morgan fingerprint density at radius 1 is 1.16 bits per heavy atom. The highest BCUT2D eigenvalue weighted by Gasteiger charge is 2.24. The highest BCUT2D eigenvalue weighted by Crippen LogP contribution is 2.39. The van der Waals surface area contributed by atoms with E-state index >= 15 is 0 Å². The van der Waals surface area contributed by atoms with Crippen molar-refractivity contribution < 1.29 is 29.0 Å². The van der Waals surface area contributed by atoms with Crippen LogP contribution in [0.15, 0.2) is 51.4 Å². The van der Waals surface area contributed by atoms with Crippen molar-refractivity contribution in [2.45, 2.75) is 32.7 Å². The average molecular weight is 589 g/mol. The first-order chi connectivity index (χ1) is 17.7. The lowest BCUT2D eigenvalue weighted by Gasteiger charge is -2.12. The predicted molar refractivity (Wildman–Crippen MR) is 141 cm³/mol. The Balaban J connectivity index is 1.75. The molecular weight excluding hydrogens is 566 g/mol. The van der Waals surface area contributed by atoms with Crippen LogP contribution in [-0.4, -0.2) is 44.2 Å². The van der Waals surface area contributed by atoms with Crippen LogP contribution in [0.2, 0.25) is 5.15 Å². The van der Waals surface area contributed by atoms with E-state index in [1.54, 1.807) is 28.8 Å². The summed E-state index contributed by atoms with van der Waals surface area (Å²) in [6.07, 6.45) is 2.35. The van der Waals surface area contributed by atoms with Crippen LogP contribution in [0.3, 0.4) is 0 Å². The van der Waals surface area contributed by atoms with Gasteiger partial charge in [-0.3, -0.25) is 9.59 Å². The molecule has 0 atom stereocenters. The summed E-state index contributed by atoms with van der Waals surface area (Å²) in [5.74, 6) is -1.84. The maximum atomic E-state index is 12.8. The largest absolute Gasteiger partial charge is 0.480 e. The number of aromatic nitrogens is 2. The van der Waals surface area contributed by atoms with Gasteiger partial charge in [-0.05, 0) is 46.1 Å². The van der Waals surface area contributed by atoms with Gasteiger partial charge in [-0.1, -0.05) is 49.2 Å². The number of carbonyl (C=O) groups is 3. The van der Waals surface area contributed by atoms with Crippen LogP contribution in [-0.2, 0) is 17.8 Å². The maximum absolute atomic E-state index is 12.8. The Bertz CT molecular complexity index is 1510. The van der Waals surface area contributed by atoms with Crippen LogP contribution >= 0.6 is 27.5 Å². The van der Waals surface area contributed by atoms with E-state index in [1.165, 1.54) is 6.07 Å². The van der Waals surface area contributed by atoms with Gasteiger partial charge in [0.1, 0.15) is 29.4 Å². The molecule has 192 valence electrons. The Labute approximate surface area is 225 Å². The number of carboxylic acid groups (broad SMARTS) is 2.